The fraction of sp³-hybridized carbons (Fsp3) is 0.333. The standard InChI is InChI=1S/C13H13F4NO2.C2H6/c14-9-3-1-8(2-4-9)7-10(19)5-6-11(18)12(20)13(15,16)17;1-2/h1-6,12,19-20H,7,18H2;1-2H3/b10-5+,11-6-;. The fourth-order valence-corrected chi connectivity index (χ4v) is 1.34. The van der Waals surface area contributed by atoms with Crippen molar-refractivity contribution < 1.29 is 27.8 Å². The van der Waals surface area contributed by atoms with E-state index in [4.69, 9.17) is 10.8 Å². The highest BCUT2D eigenvalue weighted by Gasteiger charge is 2.39. The van der Waals surface area contributed by atoms with Crippen molar-refractivity contribution in [2.75, 3.05) is 0 Å². The number of nitrogens with two attached hydrogens (primary N) is 1. The maximum Gasteiger partial charge on any atom is 0.420 e. The Bertz CT molecular complexity index is 507. The van der Waals surface area contributed by atoms with Crippen LogP contribution >= 0.6 is 0 Å². The van der Waals surface area contributed by atoms with Crippen molar-refractivity contribution >= 4 is 0 Å². The van der Waals surface area contributed by atoms with Crippen LogP contribution in [-0.2, 0) is 6.42 Å². The lowest BCUT2D eigenvalue weighted by Crippen LogP contribution is -2.33. The third kappa shape index (κ3) is 7.12. The summed E-state index contributed by atoms with van der Waals surface area (Å²) < 4.78 is 49.0. The Labute approximate surface area is 126 Å². The predicted octanol–water partition coefficient (Wildman–Crippen LogP) is 3.60. The molecule has 0 saturated heterocycles. The van der Waals surface area contributed by atoms with Crippen LogP contribution in [0.15, 0.2) is 47.9 Å². The minimum Gasteiger partial charge on any atom is -0.512 e. The van der Waals surface area contributed by atoms with E-state index in [0.29, 0.717) is 5.56 Å². The molecule has 1 unspecified atom stereocenters. The molecule has 22 heavy (non-hydrogen) atoms. The van der Waals surface area contributed by atoms with Gasteiger partial charge in [0.25, 0.3) is 0 Å². The van der Waals surface area contributed by atoms with Crippen LogP contribution in [0.1, 0.15) is 19.4 Å². The van der Waals surface area contributed by atoms with E-state index in [1.54, 1.807) is 0 Å². The highest BCUT2D eigenvalue weighted by Crippen LogP contribution is 2.23. The minimum atomic E-state index is -4.86. The number of halogens is 4. The lowest BCUT2D eigenvalue weighted by molar-refractivity contribution is -0.191. The zero-order valence-corrected chi connectivity index (χ0v) is 12.2. The SMILES string of the molecule is CC.N/C(=C\C=C(\O)Cc1ccc(F)cc1)C(O)C(F)(F)F. The maximum atomic E-state index is 12.6. The van der Waals surface area contributed by atoms with Gasteiger partial charge in [-0.2, -0.15) is 13.2 Å². The smallest absolute Gasteiger partial charge is 0.420 e. The molecule has 1 aromatic rings. The molecular formula is C15H19F4NO2. The van der Waals surface area contributed by atoms with Crippen LogP contribution in [0.25, 0.3) is 0 Å². The predicted molar refractivity (Wildman–Crippen MR) is 76.5 cm³/mol. The number of aliphatic hydroxyl groups is 2. The van der Waals surface area contributed by atoms with Crippen molar-refractivity contribution in [2.24, 2.45) is 5.73 Å². The Hall–Kier alpha value is -2.02. The molecular weight excluding hydrogens is 302 g/mol. The summed E-state index contributed by atoms with van der Waals surface area (Å²) >= 11 is 0. The Morgan fingerprint density at radius 3 is 2.14 bits per heavy atom. The molecule has 0 fully saturated rings. The van der Waals surface area contributed by atoms with Crippen LogP contribution in [-0.4, -0.2) is 22.5 Å². The number of aliphatic hydroxyl groups excluding tert-OH is 2. The van der Waals surface area contributed by atoms with Crippen LogP contribution in [0.3, 0.4) is 0 Å². The first-order valence-corrected chi connectivity index (χ1v) is 6.54. The van der Waals surface area contributed by atoms with E-state index < -0.39 is 23.8 Å². The lowest BCUT2D eigenvalue weighted by Gasteiger charge is -2.14. The molecule has 3 nitrogen and oxygen atoms in total. The third-order valence-electron chi connectivity index (χ3n) is 2.39. The van der Waals surface area contributed by atoms with Crippen LogP contribution < -0.4 is 5.73 Å². The molecule has 1 atom stereocenters. The van der Waals surface area contributed by atoms with Gasteiger partial charge >= 0.3 is 6.18 Å². The van der Waals surface area contributed by atoms with Gasteiger partial charge in [0, 0.05) is 12.1 Å². The normalized spacial score (nSPS) is 14.1. The lowest BCUT2D eigenvalue weighted by atomic mass is 10.1. The number of hydrogen-bond acceptors (Lipinski definition) is 3. The summed E-state index contributed by atoms with van der Waals surface area (Å²) in [6, 6.07) is 5.24. The molecule has 124 valence electrons. The topological polar surface area (TPSA) is 66.5 Å². The van der Waals surface area contributed by atoms with E-state index in [2.05, 4.69) is 0 Å². The number of hydrogen-bond donors (Lipinski definition) is 3. The van der Waals surface area contributed by atoms with Gasteiger partial charge in [0.05, 0.1) is 5.76 Å². The Balaban J connectivity index is 0.00000211. The summed E-state index contributed by atoms with van der Waals surface area (Å²) in [5, 5.41) is 18.3. The molecule has 7 heteroatoms. The van der Waals surface area contributed by atoms with Gasteiger partial charge < -0.3 is 15.9 Å². The Morgan fingerprint density at radius 1 is 1.18 bits per heavy atom. The van der Waals surface area contributed by atoms with Gasteiger partial charge in [-0.15, -0.1) is 0 Å². The zero-order valence-electron chi connectivity index (χ0n) is 12.2. The van der Waals surface area contributed by atoms with Crippen LogP contribution in [0.5, 0.6) is 0 Å². The van der Waals surface area contributed by atoms with E-state index >= 15 is 0 Å². The molecule has 0 aliphatic carbocycles. The zero-order chi connectivity index (χ0) is 17.3. The van der Waals surface area contributed by atoms with Gasteiger partial charge in [-0.3, -0.25) is 0 Å². The molecule has 0 aromatic heterocycles. The number of allylic oxidation sites excluding steroid dienone is 3. The monoisotopic (exact) mass is 321 g/mol. The molecule has 1 rings (SSSR count). The first-order valence-electron chi connectivity index (χ1n) is 6.54. The van der Waals surface area contributed by atoms with Crippen LogP contribution in [0.2, 0.25) is 0 Å². The summed E-state index contributed by atoms with van der Waals surface area (Å²) in [4.78, 5) is 0. The van der Waals surface area contributed by atoms with E-state index in [1.807, 2.05) is 13.8 Å². The van der Waals surface area contributed by atoms with Crippen molar-refractivity contribution in [2.45, 2.75) is 32.5 Å². The van der Waals surface area contributed by atoms with E-state index in [0.717, 1.165) is 12.2 Å². The van der Waals surface area contributed by atoms with Gasteiger partial charge in [-0.05, 0) is 29.8 Å². The van der Waals surface area contributed by atoms with Gasteiger partial charge in [0.15, 0.2) is 6.10 Å². The Kier molecular flexibility index (Phi) is 8.26. The summed E-state index contributed by atoms with van der Waals surface area (Å²) in [6.07, 6.45) is -5.91. The summed E-state index contributed by atoms with van der Waals surface area (Å²) in [5.74, 6) is -0.705. The minimum absolute atomic E-state index is 0.00612. The average Bonchev–Trinajstić information content (AvgIpc) is 2.47. The molecule has 0 aliphatic heterocycles. The largest absolute Gasteiger partial charge is 0.512 e. The van der Waals surface area contributed by atoms with Gasteiger partial charge in [-0.25, -0.2) is 4.39 Å². The molecule has 0 saturated carbocycles. The van der Waals surface area contributed by atoms with Crippen molar-refractivity contribution in [3.05, 3.63) is 59.3 Å². The van der Waals surface area contributed by atoms with Gasteiger partial charge in [0.1, 0.15) is 5.82 Å². The van der Waals surface area contributed by atoms with E-state index in [9.17, 15) is 22.7 Å². The highest BCUT2D eigenvalue weighted by molar-refractivity contribution is 5.23. The summed E-state index contributed by atoms with van der Waals surface area (Å²) in [7, 11) is 0. The van der Waals surface area contributed by atoms with Crippen LogP contribution in [0.4, 0.5) is 17.6 Å². The number of benzene rings is 1. The fourth-order valence-electron chi connectivity index (χ4n) is 1.34. The molecule has 0 spiro atoms. The van der Waals surface area contributed by atoms with Gasteiger partial charge in [-0.1, -0.05) is 26.0 Å². The molecule has 0 aliphatic rings. The molecule has 0 amide bonds. The quantitative estimate of drug-likeness (QED) is 0.451. The van der Waals surface area contributed by atoms with Gasteiger partial charge in [0.2, 0.25) is 0 Å². The van der Waals surface area contributed by atoms with Crippen LogP contribution in [0, 0.1) is 5.82 Å². The first-order chi connectivity index (χ1) is 10.2. The second-order valence-corrected chi connectivity index (χ2v) is 4.07. The maximum absolute atomic E-state index is 12.6. The van der Waals surface area contributed by atoms with Crippen molar-refractivity contribution in [3.63, 3.8) is 0 Å². The molecule has 0 radical (unpaired) electrons. The molecule has 0 heterocycles. The number of rotatable bonds is 4. The molecule has 1 aromatic carbocycles. The second-order valence-electron chi connectivity index (χ2n) is 4.07. The summed E-state index contributed by atoms with van der Waals surface area (Å²) in [6.45, 7) is 4.00. The van der Waals surface area contributed by atoms with E-state index in [-0.39, 0.29) is 12.2 Å². The number of alkyl halides is 3. The van der Waals surface area contributed by atoms with Crippen molar-refractivity contribution in [3.8, 4) is 0 Å². The Morgan fingerprint density at radius 2 is 1.68 bits per heavy atom. The second kappa shape index (κ2) is 9.09. The average molecular weight is 321 g/mol. The molecule has 0 bridgehead atoms. The first kappa shape index (κ1) is 20.0. The van der Waals surface area contributed by atoms with E-state index in [1.165, 1.54) is 24.3 Å². The van der Waals surface area contributed by atoms with Crippen molar-refractivity contribution in [1.29, 1.82) is 0 Å². The summed E-state index contributed by atoms with van der Waals surface area (Å²) in [5.41, 5.74) is 4.79. The van der Waals surface area contributed by atoms with Crippen molar-refractivity contribution in [1.82, 2.24) is 0 Å². The molecule has 4 N–H and O–H groups in total. The third-order valence-corrected chi connectivity index (χ3v) is 2.39. The highest BCUT2D eigenvalue weighted by atomic mass is 19.4.